The number of nitrogens with one attached hydrogen (secondary N) is 2. The summed E-state index contributed by atoms with van der Waals surface area (Å²) in [7, 11) is 2.20. The number of imidazole rings is 1. The molecule has 7 heteroatoms. The van der Waals surface area contributed by atoms with Gasteiger partial charge in [-0.3, -0.25) is 4.90 Å². The summed E-state index contributed by atoms with van der Waals surface area (Å²) in [6, 6.07) is 18.8. The standard InChI is InChI=1S/C26H28N6S/c1-31-8-10-32(11-9-31)18-24-14-21-13-22(6-7-25(21)33-24)28-16-23-17-29-26(30-23)12-19-2-4-20(15-27)5-3-19/h2-7,13-14,17,28H,8-12,16,18H2,1H3,(H,29,30). The van der Waals surface area contributed by atoms with Crippen LogP contribution in [0.15, 0.2) is 54.7 Å². The van der Waals surface area contributed by atoms with Crippen molar-refractivity contribution in [1.82, 2.24) is 19.8 Å². The van der Waals surface area contributed by atoms with Crippen LogP contribution in [-0.2, 0) is 19.5 Å². The van der Waals surface area contributed by atoms with Crippen LogP contribution in [0.25, 0.3) is 10.1 Å². The van der Waals surface area contributed by atoms with Gasteiger partial charge in [-0.25, -0.2) is 4.98 Å². The molecule has 0 amide bonds. The molecule has 33 heavy (non-hydrogen) atoms. The van der Waals surface area contributed by atoms with Gasteiger partial charge in [0.15, 0.2) is 0 Å². The third-order valence-electron chi connectivity index (χ3n) is 6.16. The van der Waals surface area contributed by atoms with Crippen molar-refractivity contribution in [3.8, 4) is 6.07 Å². The van der Waals surface area contributed by atoms with Crippen molar-refractivity contribution in [3.63, 3.8) is 0 Å². The normalized spacial score (nSPS) is 15.0. The van der Waals surface area contributed by atoms with E-state index in [1.807, 2.05) is 41.8 Å². The molecule has 0 aliphatic carbocycles. The molecule has 2 aromatic carbocycles. The molecular formula is C26H28N6S. The van der Waals surface area contributed by atoms with Crippen molar-refractivity contribution < 1.29 is 0 Å². The minimum Gasteiger partial charge on any atom is -0.379 e. The Morgan fingerprint density at radius 2 is 1.91 bits per heavy atom. The molecule has 1 aliphatic rings. The number of anilines is 1. The minimum atomic E-state index is 0.678. The summed E-state index contributed by atoms with van der Waals surface area (Å²) in [6.07, 6.45) is 2.62. The third kappa shape index (κ3) is 5.42. The first-order chi connectivity index (χ1) is 16.1. The number of hydrogen-bond acceptors (Lipinski definition) is 6. The zero-order chi connectivity index (χ0) is 22.6. The van der Waals surface area contributed by atoms with E-state index in [4.69, 9.17) is 5.26 Å². The van der Waals surface area contributed by atoms with Crippen molar-refractivity contribution in [3.05, 3.63) is 82.3 Å². The highest BCUT2D eigenvalue weighted by Gasteiger charge is 2.15. The predicted molar refractivity (Wildman–Crippen MR) is 134 cm³/mol. The zero-order valence-electron chi connectivity index (χ0n) is 18.8. The van der Waals surface area contributed by atoms with Crippen LogP contribution < -0.4 is 5.32 Å². The molecule has 1 fully saturated rings. The second kappa shape index (κ2) is 9.75. The number of aromatic nitrogens is 2. The fraction of sp³-hybridized carbons (Fsp3) is 0.308. The molecular weight excluding hydrogens is 428 g/mol. The largest absolute Gasteiger partial charge is 0.379 e. The first-order valence-corrected chi connectivity index (χ1v) is 12.2. The molecule has 1 saturated heterocycles. The van der Waals surface area contributed by atoms with Crippen LogP contribution in [0, 0.1) is 11.3 Å². The summed E-state index contributed by atoms with van der Waals surface area (Å²) in [5, 5.41) is 13.8. The van der Waals surface area contributed by atoms with Crippen molar-refractivity contribution in [2.45, 2.75) is 19.5 Å². The number of rotatable bonds is 7. The second-order valence-electron chi connectivity index (χ2n) is 8.74. The molecule has 6 nitrogen and oxygen atoms in total. The van der Waals surface area contributed by atoms with E-state index in [2.05, 4.69) is 62.5 Å². The lowest BCUT2D eigenvalue weighted by molar-refractivity contribution is 0.149. The van der Waals surface area contributed by atoms with Gasteiger partial charge < -0.3 is 15.2 Å². The van der Waals surface area contributed by atoms with E-state index in [0.29, 0.717) is 12.1 Å². The highest BCUT2D eigenvalue weighted by Crippen LogP contribution is 2.29. The molecule has 5 rings (SSSR count). The maximum absolute atomic E-state index is 8.93. The molecule has 0 saturated carbocycles. The Bertz CT molecular complexity index is 1260. The van der Waals surface area contributed by atoms with Gasteiger partial charge >= 0.3 is 0 Å². The monoisotopic (exact) mass is 456 g/mol. The van der Waals surface area contributed by atoms with Crippen molar-refractivity contribution in [2.24, 2.45) is 0 Å². The number of benzene rings is 2. The van der Waals surface area contributed by atoms with Gasteiger partial charge in [-0.1, -0.05) is 12.1 Å². The molecule has 3 heterocycles. The van der Waals surface area contributed by atoms with Crippen LogP contribution in [0.1, 0.15) is 27.5 Å². The summed E-state index contributed by atoms with van der Waals surface area (Å²) in [5.74, 6) is 0.929. The van der Waals surface area contributed by atoms with Crippen LogP contribution in [0.4, 0.5) is 5.69 Å². The van der Waals surface area contributed by atoms with Gasteiger partial charge in [0.05, 0.1) is 30.1 Å². The molecule has 1 aliphatic heterocycles. The molecule has 0 unspecified atom stereocenters. The molecule has 4 aromatic rings. The molecule has 0 atom stereocenters. The van der Waals surface area contributed by atoms with Crippen molar-refractivity contribution in [2.75, 3.05) is 38.5 Å². The topological polar surface area (TPSA) is 71.0 Å². The highest BCUT2D eigenvalue weighted by molar-refractivity contribution is 7.19. The highest BCUT2D eigenvalue weighted by atomic mass is 32.1. The van der Waals surface area contributed by atoms with Gasteiger partial charge in [-0.2, -0.15) is 5.26 Å². The van der Waals surface area contributed by atoms with Crippen LogP contribution in [0.5, 0.6) is 0 Å². The summed E-state index contributed by atoms with van der Waals surface area (Å²) < 4.78 is 1.34. The van der Waals surface area contributed by atoms with Crippen molar-refractivity contribution >= 4 is 27.1 Å². The lowest BCUT2D eigenvalue weighted by Gasteiger charge is -2.31. The fourth-order valence-electron chi connectivity index (χ4n) is 4.19. The van der Waals surface area contributed by atoms with Crippen LogP contribution >= 0.6 is 11.3 Å². The maximum atomic E-state index is 8.93. The summed E-state index contributed by atoms with van der Waals surface area (Å²) in [4.78, 5) is 14.3. The number of thiophene rings is 1. The lowest BCUT2D eigenvalue weighted by atomic mass is 10.1. The van der Waals surface area contributed by atoms with Crippen LogP contribution in [0.3, 0.4) is 0 Å². The molecule has 2 N–H and O–H groups in total. The Hall–Kier alpha value is -3.18. The van der Waals surface area contributed by atoms with E-state index >= 15 is 0 Å². The fourth-order valence-corrected chi connectivity index (χ4v) is 5.27. The summed E-state index contributed by atoms with van der Waals surface area (Å²) in [5.41, 5.74) is 3.99. The summed E-state index contributed by atoms with van der Waals surface area (Å²) >= 11 is 1.90. The number of H-pyrrole nitrogens is 1. The van der Waals surface area contributed by atoms with Crippen LogP contribution in [0.2, 0.25) is 0 Å². The molecule has 168 valence electrons. The van der Waals surface area contributed by atoms with Crippen molar-refractivity contribution in [1.29, 1.82) is 5.26 Å². The minimum absolute atomic E-state index is 0.678. The van der Waals surface area contributed by atoms with Gasteiger partial charge in [0.25, 0.3) is 0 Å². The summed E-state index contributed by atoms with van der Waals surface area (Å²) in [6.45, 7) is 6.35. The van der Waals surface area contributed by atoms with E-state index in [0.717, 1.165) is 61.9 Å². The van der Waals surface area contributed by atoms with Gasteiger partial charge in [0.2, 0.25) is 0 Å². The quantitative estimate of drug-likeness (QED) is 0.430. The SMILES string of the molecule is CN1CCN(Cc2cc3cc(NCc4cnc(Cc5ccc(C#N)cc5)[nH]4)ccc3s2)CC1. The Balaban J connectivity index is 1.18. The number of nitrogens with zero attached hydrogens (tertiary/aromatic N) is 4. The Morgan fingerprint density at radius 3 is 2.70 bits per heavy atom. The van der Waals surface area contributed by atoms with Crippen LogP contribution in [-0.4, -0.2) is 53.0 Å². The molecule has 0 spiro atoms. The average molecular weight is 457 g/mol. The number of piperazine rings is 1. The number of likely N-dealkylation sites (N-methyl/N-ethyl adjacent to an activating group) is 1. The van der Waals surface area contributed by atoms with E-state index < -0.39 is 0 Å². The van der Waals surface area contributed by atoms with Gasteiger partial charge in [-0.15, -0.1) is 11.3 Å². The first-order valence-electron chi connectivity index (χ1n) is 11.3. The smallest absolute Gasteiger partial charge is 0.110 e. The zero-order valence-corrected chi connectivity index (χ0v) is 19.7. The number of nitriles is 1. The molecule has 2 aromatic heterocycles. The predicted octanol–water partition coefficient (Wildman–Crippen LogP) is 4.45. The van der Waals surface area contributed by atoms with Gasteiger partial charge in [0.1, 0.15) is 5.82 Å². The number of hydrogen-bond donors (Lipinski definition) is 2. The average Bonchev–Trinajstić information content (AvgIpc) is 3.45. The van der Waals surface area contributed by atoms with E-state index in [9.17, 15) is 0 Å². The Labute approximate surface area is 198 Å². The third-order valence-corrected chi connectivity index (χ3v) is 7.26. The molecule has 0 radical (unpaired) electrons. The maximum Gasteiger partial charge on any atom is 0.110 e. The van der Waals surface area contributed by atoms with Gasteiger partial charge in [-0.05, 0) is 54.4 Å². The Morgan fingerprint density at radius 1 is 1.09 bits per heavy atom. The van der Waals surface area contributed by atoms with Gasteiger partial charge in [0, 0.05) is 54.4 Å². The van der Waals surface area contributed by atoms with E-state index in [1.165, 1.54) is 15.0 Å². The van der Waals surface area contributed by atoms with E-state index in [-0.39, 0.29) is 0 Å². The molecule has 0 bridgehead atoms. The first kappa shape index (κ1) is 21.7. The second-order valence-corrected chi connectivity index (χ2v) is 9.91. The number of fused-ring (bicyclic) bond motifs is 1. The lowest BCUT2D eigenvalue weighted by Crippen LogP contribution is -2.43. The number of aromatic amines is 1. The Kier molecular flexibility index (Phi) is 6.40. The van der Waals surface area contributed by atoms with E-state index in [1.54, 1.807) is 0 Å².